The van der Waals surface area contributed by atoms with E-state index in [2.05, 4.69) is 25.8 Å². The highest BCUT2D eigenvalue weighted by atomic mass is 16.5. The maximum absolute atomic E-state index is 12.4. The van der Waals surface area contributed by atoms with Crippen LogP contribution in [-0.4, -0.2) is 52.8 Å². The number of oxazole rings is 1. The molecule has 1 atom stereocenters. The SMILES string of the molecule is CCC(CC)NC(=O)c1cnc(-c2cccc(-c3cc(C(=O)NC(C)COC)[nH]n3)c2)o1. The van der Waals surface area contributed by atoms with E-state index >= 15 is 0 Å². The van der Waals surface area contributed by atoms with Crippen molar-refractivity contribution in [2.45, 2.75) is 45.7 Å². The Bertz CT molecular complexity index is 1050. The van der Waals surface area contributed by atoms with Crippen LogP contribution in [0.5, 0.6) is 0 Å². The van der Waals surface area contributed by atoms with Crippen molar-refractivity contribution in [3.05, 3.63) is 48.0 Å². The van der Waals surface area contributed by atoms with Crippen molar-refractivity contribution in [2.75, 3.05) is 13.7 Å². The van der Waals surface area contributed by atoms with Crippen molar-refractivity contribution in [3.8, 4) is 22.7 Å². The smallest absolute Gasteiger partial charge is 0.288 e. The Balaban J connectivity index is 1.74. The summed E-state index contributed by atoms with van der Waals surface area (Å²) >= 11 is 0. The quantitative estimate of drug-likeness (QED) is 0.445. The Morgan fingerprint density at radius 1 is 1.12 bits per heavy atom. The topological polar surface area (TPSA) is 122 Å². The van der Waals surface area contributed by atoms with Gasteiger partial charge in [0.1, 0.15) is 5.69 Å². The summed E-state index contributed by atoms with van der Waals surface area (Å²) in [7, 11) is 1.58. The van der Waals surface area contributed by atoms with Crippen molar-refractivity contribution >= 4 is 11.8 Å². The number of nitrogens with one attached hydrogen (secondary N) is 3. The summed E-state index contributed by atoms with van der Waals surface area (Å²) in [5.74, 6) is -0.0332. The van der Waals surface area contributed by atoms with Gasteiger partial charge in [-0.15, -0.1) is 0 Å². The molecule has 2 aromatic heterocycles. The normalized spacial score (nSPS) is 12.0. The van der Waals surface area contributed by atoms with Crippen LogP contribution in [0.3, 0.4) is 0 Å². The summed E-state index contributed by atoms with van der Waals surface area (Å²) in [6.07, 6.45) is 3.12. The van der Waals surface area contributed by atoms with E-state index in [9.17, 15) is 9.59 Å². The lowest BCUT2D eigenvalue weighted by atomic mass is 10.1. The highest BCUT2D eigenvalue weighted by Crippen LogP contribution is 2.25. The van der Waals surface area contributed by atoms with E-state index in [1.165, 1.54) is 6.20 Å². The minimum Gasteiger partial charge on any atom is -0.431 e. The van der Waals surface area contributed by atoms with Gasteiger partial charge in [-0.05, 0) is 38.0 Å². The molecule has 0 bridgehead atoms. The Hall–Kier alpha value is -3.46. The van der Waals surface area contributed by atoms with E-state index in [-0.39, 0.29) is 29.7 Å². The fourth-order valence-corrected chi connectivity index (χ4v) is 3.25. The standard InChI is InChI=1S/C23H29N5O4/c1-5-17(6-2)26-22(30)20-12-24-23(32-20)16-9-7-8-15(10-16)18-11-19(28-27-18)21(29)25-14(3)13-31-4/h7-12,14,17H,5-6,13H2,1-4H3,(H,25,29)(H,26,30)(H,27,28). The molecule has 32 heavy (non-hydrogen) atoms. The molecule has 9 heteroatoms. The Kier molecular flexibility index (Phi) is 7.77. The highest BCUT2D eigenvalue weighted by molar-refractivity contribution is 5.93. The third-order valence-corrected chi connectivity index (χ3v) is 5.07. The van der Waals surface area contributed by atoms with Crippen molar-refractivity contribution in [1.82, 2.24) is 25.8 Å². The maximum atomic E-state index is 12.4. The van der Waals surface area contributed by atoms with Crippen LogP contribution in [0.2, 0.25) is 0 Å². The van der Waals surface area contributed by atoms with E-state index in [1.807, 2.05) is 45.0 Å². The second-order valence-electron chi connectivity index (χ2n) is 7.59. The van der Waals surface area contributed by atoms with Gasteiger partial charge in [0, 0.05) is 30.3 Å². The van der Waals surface area contributed by atoms with Gasteiger partial charge in [-0.3, -0.25) is 14.7 Å². The van der Waals surface area contributed by atoms with Crippen molar-refractivity contribution in [3.63, 3.8) is 0 Å². The predicted octanol–water partition coefficient (Wildman–Crippen LogP) is 3.41. The first-order valence-corrected chi connectivity index (χ1v) is 10.7. The molecule has 0 saturated heterocycles. The van der Waals surface area contributed by atoms with Crippen LogP contribution >= 0.6 is 0 Å². The molecular formula is C23H29N5O4. The molecule has 3 rings (SSSR count). The average Bonchev–Trinajstić information content (AvgIpc) is 3.48. The first-order chi connectivity index (χ1) is 15.4. The molecule has 2 amide bonds. The molecule has 1 aromatic carbocycles. The molecule has 0 aliphatic heterocycles. The van der Waals surface area contributed by atoms with Gasteiger partial charge in [-0.25, -0.2) is 4.98 Å². The van der Waals surface area contributed by atoms with Gasteiger partial charge >= 0.3 is 0 Å². The van der Waals surface area contributed by atoms with E-state index < -0.39 is 0 Å². The Morgan fingerprint density at radius 3 is 2.59 bits per heavy atom. The van der Waals surface area contributed by atoms with Gasteiger partial charge in [0.2, 0.25) is 11.7 Å². The Morgan fingerprint density at radius 2 is 1.88 bits per heavy atom. The molecule has 9 nitrogen and oxygen atoms in total. The molecular weight excluding hydrogens is 410 g/mol. The summed E-state index contributed by atoms with van der Waals surface area (Å²) in [6, 6.07) is 9.06. The monoisotopic (exact) mass is 439 g/mol. The number of aromatic amines is 1. The van der Waals surface area contributed by atoms with Crippen molar-refractivity contribution < 1.29 is 18.7 Å². The van der Waals surface area contributed by atoms with E-state index in [0.29, 0.717) is 29.4 Å². The van der Waals surface area contributed by atoms with Crippen LogP contribution in [0.4, 0.5) is 0 Å². The third-order valence-electron chi connectivity index (χ3n) is 5.07. The molecule has 3 N–H and O–H groups in total. The molecule has 0 fully saturated rings. The first-order valence-electron chi connectivity index (χ1n) is 10.7. The number of nitrogens with zero attached hydrogens (tertiary/aromatic N) is 2. The maximum Gasteiger partial charge on any atom is 0.288 e. The number of aromatic nitrogens is 3. The van der Waals surface area contributed by atoms with Gasteiger partial charge in [-0.2, -0.15) is 5.10 Å². The lowest BCUT2D eigenvalue weighted by molar-refractivity contribution is 0.0896. The van der Waals surface area contributed by atoms with Gasteiger partial charge in [-0.1, -0.05) is 26.0 Å². The summed E-state index contributed by atoms with van der Waals surface area (Å²) in [6.45, 7) is 6.33. The summed E-state index contributed by atoms with van der Waals surface area (Å²) in [5, 5.41) is 12.8. The second kappa shape index (κ2) is 10.7. The molecule has 1 unspecified atom stereocenters. The van der Waals surface area contributed by atoms with E-state index in [0.717, 1.165) is 18.4 Å². The molecule has 3 aromatic rings. The average molecular weight is 440 g/mol. The molecule has 2 heterocycles. The van der Waals surface area contributed by atoms with Gasteiger partial charge in [0.05, 0.1) is 18.5 Å². The fourth-order valence-electron chi connectivity index (χ4n) is 3.25. The van der Waals surface area contributed by atoms with Crippen molar-refractivity contribution in [2.24, 2.45) is 0 Å². The predicted molar refractivity (Wildman–Crippen MR) is 120 cm³/mol. The Labute approximate surface area is 187 Å². The molecule has 0 aliphatic carbocycles. The summed E-state index contributed by atoms with van der Waals surface area (Å²) in [4.78, 5) is 29.0. The third kappa shape index (κ3) is 5.61. The first kappa shape index (κ1) is 23.2. The molecule has 170 valence electrons. The van der Waals surface area contributed by atoms with Crippen LogP contribution in [0.25, 0.3) is 22.7 Å². The number of ether oxygens (including phenoxy) is 1. The number of methoxy groups -OCH3 is 1. The number of amides is 2. The van der Waals surface area contributed by atoms with Gasteiger partial charge in [0.25, 0.3) is 11.8 Å². The molecule has 0 radical (unpaired) electrons. The molecule has 0 saturated carbocycles. The summed E-state index contributed by atoms with van der Waals surface area (Å²) in [5.41, 5.74) is 2.44. The number of hydrogen-bond acceptors (Lipinski definition) is 6. The fraction of sp³-hybridized carbons (Fsp3) is 0.391. The lowest BCUT2D eigenvalue weighted by Gasteiger charge is -2.12. The zero-order valence-electron chi connectivity index (χ0n) is 18.8. The van der Waals surface area contributed by atoms with E-state index in [4.69, 9.17) is 9.15 Å². The van der Waals surface area contributed by atoms with Crippen LogP contribution < -0.4 is 10.6 Å². The number of benzene rings is 1. The van der Waals surface area contributed by atoms with Crippen LogP contribution in [0.1, 0.15) is 54.7 Å². The van der Waals surface area contributed by atoms with Crippen LogP contribution in [0.15, 0.2) is 40.9 Å². The van der Waals surface area contributed by atoms with E-state index in [1.54, 1.807) is 13.2 Å². The zero-order valence-corrected chi connectivity index (χ0v) is 18.8. The number of H-pyrrole nitrogens is 1. The number of carbonyl (C=O) groups is 2. The second-order valence-corrected chi connectivity index (χ2v) is 7.59. The minimum atomic E-state index is -0.278. The van der Waals surface area contributed by atoms with Crippen molar-refractivity contribution in [1.29, 1.82) is 0 Å². The lowest BCUT2D eigenvalue weighted by Crippen LogP contribution is -2.35. The van der Waals surface area contributed by atoms with Gasteiger partial charge in [0.15, 0.2) is 0 Å². The van der Waals surface area contributed by atoms with Crippen LogP contribution in [-0.2, 0) is 4.74 Å². The highest BCUT2D eigenvalue weighted by Gasteiger charge is 2.17. The van der Waals surface area contributed by atoms with Crippen LogP contribution in [0, 0.1) is 0 Å². The summed E-state index contributed by atoms with van der Waals surface area (Å²) < 4.78 is 10.7. The molecule has 0 aliphatic rings. The number of carbonyl (C=O) groups excluding carboxylic acids is 2. The minimum absolute atomic E-state index is 0.0999. The molecule has 0 spiro atoms. The largest absolute Gasteiger partial charge is 0.431 e. The van der Waals surface area contributed by atoms with Gasteiger partial charge < -0.3 is 19.8 Å². The number of hydrogen-bond donors (Lipinski definition) is 3. The number of rotatable bonds is 10. The zero-order chi connectivity index (χ0) is 23.1.